The number of amides is 12. The Morgan fingerprint density at radius 3 is 0.592 bits per heavy atom. The third-order valence-electron chi connectivity index (χ3n) is 9.58. The third-order valence-corrected chi connectivity index (χ3v) is 9.58. The van der Waals surface area contributed by atoms with Gasteiger partial charge >= 0.3 is 0 Å². The Labute approximate surface area is 445 Å². The summed E-state index contributed by atoms with van der Waals surface area (Å²) < 4.78 is 0. The van der Waals surface area contributed by atoms with Gasteiger partial charge in [-0.25, -0.2) is 0 Å². The van der Waals surface area contributed by atoms with Gasteiger partial charge in [0, 0.05) is 118 Å². The van der Waals surface area contributed by atoms with Gasteiger partial charge < -0.3 is 61.7 Å². The molecule has 0 aromatic rings. The van der Waals surface area contributed by atoms with Crippen LogP contribution in [0.25, 0.3) is 0 Å². The Kier molecular flexibility index (Phi) is 42.6. The van der Waals surface area contributed by atoms with Gasteiger partial charge in [-0.2, -0.15) is 0 Å². The summed E-state index contributed by atoms with van der Waals surface area (Å²) in [5, 5.41) is 18.1. The first-order valence-electron chi connectivity index (χ1n) is 23.5. The highest BCUT2D eigenvalue weighted by atomic mass is 16.2. The van der Waals surface area contributed by atoms with Gasteiger partial charge in [0.25, 0.3) is 0 Å². The van der Waals surface area contributed by atoms with Crippen molar-refractivity contribution in [2.75, 3.05) is 111 Å². The van der Waals surface area contributed by atoms with Crippen LogP contribution < -0.4 is 37.2 Å². The zero-order valence-corrected chi connectivity index (χ0v) is 43.5. The molecule has 0 aromatic carbocycles. The van der Waals surface area contributed by atoms with Gasteiger partial charge in [0.2, 0.25) is 70.9 Å². The number of nitrogens with zero attached hydrogens (tertiary/aromatic N) is 5. The molecule has 12 amide bonds. The Balaban J connectivity index is -0.00000117. The summed E-state index contributed by atoms with van der Waals surface area (Å²) in [5.41, 5.74) is 0. The molecule has 0 aliphatic rings. The molecule has 0 aromatic heterocycles. The lowest BCUT2D eigenvalue weighted by molar-refractivity contribution is -0.131. The molecular formula is C52H76N12O12. The molecule has 0 saturated heterocycles. The van der Waals surface area contributed by atoms with E-state index in [0.717, 1.165) is 54.7 Å². The summed E-state index contributed by atoms with van der Waals surface area (Å²) in [6, 6.07) is 0. The molecular weight excluding hydrogens is 985 g/mol. The van der Waals surface area contributed by atoms with Crippen molar-refractivity contribution in [3.8, 4) is 0 Å². The molecule has 0 unspecified atom stereocenters. The molecule has 416 valence electrons. The zero-order chi connectivity index (χ0) is 58.3. The molecule has 0 heterocycles. The van der Waals surface area contributed by atoms with E-state index in [1.807, 2.05) is 0 Å². The fraction of sp³-hybridized carbons (Fsp3) is 0.346. The highest BCUT2D eigenvalue weighted by Crippen LogP contribution is 2.00. The third kappa shape index (κ3) is 36.7. The Bertz CT molecular complexity index is 1980. The molecule has 0 saturated carbocycles. The van der Waals surface area contributed by atoms with Crippen molar-refractivity contribution in [1.82, 2.24) is 61.7 Å². The number of rotatable bonds is 38. The second-order valence-electron chi connectivity index (χ2n) is 14.7. The van der Waals surface area contributed by atoms with E-state index in [2.05, 4.69) is 110 Å². The standard InChI is InChI=1S/C26H38N6O6.2C13H19N3O3/c1-6-21(33)27-12-16-31(25(37)9-4)17-14-29-23(35)11-15-30(24(36)8-3)19-20-32(26(38)10-5)18-13-28-22(34)7-2;2*1-4-11(17)14-7-9-16(13(19)6-3)10-8-15-12(18)5-2/h6-10H,1-5,11-20H2,(H,27,33)(H,28,34)(H,29,35);2*4-6H,1-3,7-10H2,(H,14,17)(H,15,18). The maximum Gasteiger partial charge on any atom is 0.246 e. The van der Waals surface area contributed by atoms with Crippen LogP contribution in [-0.2, 0) is 57.5 Å². The van der Waals surface area contributed by atoms with Crippen molar-refractivity contribution >= 4 is 70.9 Å². The van der Waals surface area contributed by atoms with Crippen molar-refractivity contribution in [3.63, 3.8) is 0 Å². The SMILES string of the molecule is C=CC(=O)NCCN(CCNC(=O)C=C)C(=O)C=C.C=CC(=O)NCCN(CCNC(=O)C=C)C(=O)C=C.C=CC(=O)NCCN(CCNC(=O)CCN(CCN(CCNC(=O)C=C)C(=O)C=C)C(=O)C=C)C(=O)C=C. The van der Waals surface area contributed by atoms with Gasteiger partial charge in [-0.05, 0) is 66.8 Å². The minimum Gasteiger partial charge on any atom is -0.354 e. The van der Waals surface area contributed by atoms with Crippen LogP contribution in [0.2, 0.25) is 0 Å². The number of hydrogen-bond donors (Lipinski definition) is 7. The quantitative estimate of drug-likeness (QED) is 0.0343. The normalized spacial score (nSPS) is 9.37. The van der Waals surface area contributed by atoms with Crippen LogP contribution in [0, 0.1) is 0 Å². The maximum absolute atomic E-state index is 12.4. The van der Waals surface area contributed by atoms with Crippen molar-refractivity contribution in [1.29, 1.82) is 0 Å². The Morgan fingerprint density at radius 1 is 0.237 bits per heavy atom. The fourth-order valence-corrected chi connectivity index (χ4v) is 5.52. The van der Waals surface area contributed by atoms with Gasteiger partial charge in [0.1, 0.15) is 0 Å². The summed E-state index contributed by atoms with van der Waals surface area (Å²) in [4.78, 5) is 145. The first-order chi connectivity index (χ1) is 36.2. The second-order valence-corrected chi connectivity index (χ2v) is 14.7. The molecule has 24 heteroatoms. The van der Waals surface area contributed by atoms with E-state index in [0.29, 0.717) is 52.4 Å². The van der Waals surface area contributed by atoms with Gasteiger partial charge in [0.05, 0.1) is 0 Å². The van der Waals surface area contributed by atoms with Crippen molar-refractivity contribution in [2.45, 2.75) is 6.42 Å². The molecule has 0 aliphatic heterocycles. The van der Waals surface area contributed by atoms with E-state index in [-0.39, 0.29) is 130 Å². The van der Waals surface area contributed by atoms with Crippen molar-refractivity contribution in [3.05, 3.63) is 139 Å². The highest BCUT2D eigenvalue weighted by Gasteiger charge is 2.18. The maximum atomic E-state index is 12.4. The average molecular weight is 1060 g/mol. The first kappa shape index (κ1) is 71.0. The molecule has 0 atom stereocenters. The number of carbonyl (C=O) groups is 12. The summed E-state index contributed by atoms with van der Waals surface area (Å²) in [5.74, 6) is -3.93. The predicted octanol–water partition coefficient (Wildman–Crippen LogP) is -1.65. The summed E-state index contributed by atoms with van der Waals surface area (Å²) in [7, 11) is 0. The first-order valence-corrected chi connectivity index (χ1v) is 23.5. The molecule has 24 nitrogen and oxygen atoms in total. The molecule has 0 fully saturated rings. The van der Waals surface area contributed by atoms with E-state index in [1.54, 1.807) is 0 Å². The van der Waals surface area contributed by atoms with Crippen LogP contribution in [0.4, 0.5) is 0 Å². The van der Waals surface area contributed by atoms with Crippen LogP contribution in [-0.4, -0.2) is 207 Å². The smallest absolute Gasteiger partial charge is 0.246 e. The molecule has 0 bridgehead atoms. The van der Waals surface area contributed by atoms with Crippen LogP contribution in [0.5, 0.6) is 0 Å². The highest BCUT2D eigenvalue weighted by molar-refractivity contribution is 5.91. The minimum atomic E-state index is -0.409. The van der Waals surface area contributed by atoms with E-state index in [4.69, 9.17) is 0 Å². The lowest BCUT2D eigenvalue weighted by atomic mass is 10.3. The van der Waals surface area contributed by atoms with E-state index < -0.39 is 5.91 Å². The van der Waals surface area contributed by atoms with E-state index >= 15 is 0 Å². The zero-order valence-electron chi connectivity index (χ0n) is 43.5. The molecule has 0 aliphatic carbocycles. The Morgan fingerprint density at radius 2 is 0.408 bits per heavy atom. The number of carbonyl (C=O) groups excluding carboxylic acids is 12. The number of nitrogens with one attached hydrogen (secondary N) is 7. The van der Waals surface area contributed by atoms with Gasteiger partial charge in [-0.1, -0.05) is 72.4 Å². The monoisotopic (exact) mass is 1060 g/mol. The molecule has 0 radical (unpaired) electrons. The van der Waals surface area contributed by atoms with Crippen LogP contribution in [0.15, 0.2) is 139 Å². The lowest BCUT2D eigenvalue weighted by Crippen LogP contribution is -2.44. The van der Waals surface area contributed by atoms with Crippen molar-refractivity contribution in [2.24, 2.45) is 0 Å². The predicted molar refractivity (Wildman–Crippen MR) is 291 cm³/mol. The lowest BCUT2D eigenvalue weighted by Gasteiger charge is -2.27. The van der Waals surface area contributed by atoms with E-state index in [9.17, 15) is 57.5 Å². The number of hydrogen-bond acceptors (Lipinski definition) is 12. The molecule has 76 heavy (non-hydrogen) atoms. The van der Waals surface area contributed by atoms with Crippen LogP contribution in [0.1, 0.15) is 6.42 Å². The summed E-state index contributed by atoms with van der Waals surface area (Å²) in [6.45, 7) is 41.2. The minimum absolute atomic E-state index is 0.0187. The second kappa shape index (κ2) is 45.6. The molecule has 7 N–H and O–H groups in total. The molecule has 0 rings (SSSR count). The largest absolute Gasteiger partial charge is 0.354 e. The fourth-order valence-electron chi connectivity index (χ4n) is 5.52. The van der Waals surface area contributed by atoms with Crippen LogP contribution >= 0.6 is 0 Å². The van der Waals surface area contributed by atoms with Gasteiger partial charge in [-0.3, -0.25) is 57.5 Å². The average Bonchev–Trinajstić information content (AvgIpc) is 3.43. The molecule has 0 spiro atoms. The van der Waals surface area contributed by atoms with Crippen molar-refractivity contribution < 1.29 is 57.5 Å². The van der Waals surface area contributed by atoms with E-state index in [1.165, 1.54) is 36.7 Å². The Hall–Kier alpha value is -9.22. The van der Waals surface area contributed by atoms with Gasteiger partial charge in [-0.15, -0.1) is 0 Å². The summed E-state index contributed by atoms with van der Waals surface area (Å²) in [6.07, 6.45) is 12.6. The topological polar surface area (TPSA) is 305 Å². The summed E-state index contributed by atoms with van der Waals surface area (Å²) >= 11 is 0. The van der Waals surface area contributed by atoms with Gasteiger partial charge in [0.15, 0.2) is 0 Å². The van der Waals surface area contributed by atoms with Crippen LogP contribution in [0.3, 0.4) is 0 Å².